The Bertz CT molecular complexity index is 3520. The molecule has 12 rings (SSSR count). The summed E-state index contributed by atoms with van der Waals surface area (Å²) in [6.07, 6.45) is 7.82. The van der Waals surface area contributed by atoms with E-state index in [-0.39, 0.29) is 109 Å². The summed E-state index contributed by atoms with van der Waals surface area (Å²) >= 11 is 0. The van der Waals surface area contributed by atoms with E-state index in [9.17, 15) is 20.1 Å². The first kappa shape index (κ1) is 53.6. The Hall–Kier alpha value is -7.07. The van der Waals surface area contributed by atoms with Crippen LogP contribution in [0.4, 0.5) is 0 Å². The second kappa shape index (κ2) is 22.8. The molecule has 10 atom stereocenters. The molecule has 2 fully saturated rings. The number of hydrogen-bond donors (Lipinski definition) is 3. The molecule has 0 radical (unpaired) electrons. The number of aliphatic hydroxyl groups excluding tert-OH is 3. The highest BCUT2D eigenvalue weighted by Crippen LogP contribution is 2.59. The van der Waals surface area contributed by atoms with Crippen molar-refractivity contribution in [3.8, 4) is 17.6 Å². The topological polar surface area (TPSA) is 162 Å². The molecule has 3 aliphatic carbocycles. The number of hydrogen-bond acceptors (Lipinski definition) is 11. The molecular formula is C69H70O11. The third kappa shape index (κ3) is 10.0. The minimum Gasteiger partial charge on any atom is -0.481 e. The van der Waals surface area contributed by atoms with E-state index in [0.717, 1.165) is 47.9 Å². The molecule has 5 aromatic carbocycles. The van der Waals surface area contributed by atoms with Crippen molar-refractivity contribution in [2.45, 2.75) is 132 Å². The third-order valence-corrected chi connectivity index (χ3v) is 18.8. The van der Waals surface area contributed by atoms with E-state index in [1.54, 1.807) is 19.1 Å². The smallest absolute Gasteiger partial charge is 0.340 e. The van der Waals surface area contributed by atoms with Crippen molar-refractivity contribution in [2.24, 2.45) is 17.8 Å². The van der Waals surface area contributed by atoms with Gasteiger partial charge in [0.15, 0.2) is 17.8 Å². The molecule has 6 aromatic rings. The van der Waals surface area contributed by atoms with E-state index in [2.05, 4.69) is 109 Å². The first-order valence-electron chi connectivity index (χ1n) is 28.8. The van der Waals surface area contributed by atoms with Gasteiger partial charge in [-0.25, -0.2) is 9.59 Å². The zero-order valence-electron chi connectivity index (χ0n) is 45.7. The Balaban J connectivity index is 1.06. The lowest BCUT2D eigenvalue weighted by Gasteiger charge is -2.49. The van der Waals surface area contributed by atoms with Crippen LogP contribution in [0.5, 0.6) is 5.75 Å². The lowest BCUT2D eigenvalue weighted by atomic mass is 9.67. The van der Waals surface area contributed by atoms with Gasteiger partial charge in [0.1, 0.15) is 11.3 Å². The number of carbonyl (C=O) groups excluding carboxylic acids is 2. The van der Waals surface area contributed by atoms with Gasteiger partial charge >= 0.3 is 17.6 Å². The van der Waals surface area contributed by atoms with E-state index < -0.39 is 47.9 Å². The standard InChI is InChI=1S/C69H70O11/c1-41(38-71)53-23-18-43-19-24-55-48(32-43)15-8-9-29-69(52-35-49-21-20-45-14-6-7-17-54(45)58(49)37-52)66(79-67(53)74)65(63-60(80-69)27-26-57-59(39-72)62(68(75)78-64(57)63)50(28-30-70)40-76-2)77-61(73)36-51-34-47(22-25-56(51)55)46-16-10-13-44(33-46)31-42-11-4-3-5-12-42/h3-7,10-14,16-17,19-21,24,26-27,32-33,47,49-52,56,58,65-66,70-72H,15,18,22-23,25,28-31,34-40H2,1-2H3. The van der Waals surface area contributed by atoms with Crippen LogP contribution in [0.1, 0.15) is 156 Å². The van der Waals surface area contributed by atoms with Crippen molar-refractivity contribution in [3.05, 3.63) is 198 Å². The van der Waals surface area contributed by atoms with Crippen molar-refractivity contribution in [2.75, 3.05) is 26.9 Å². The van der Waals surface area contributed by atoms with Gasteiger partial charge in [0.2, 0.25) is 0 Å². The molecule has 11 heteroatoms. The quantitative estimate of drug-likeness (QED) is 0.0490. The maximum absolute atomic E-state index is 15.7. The van der Waals surface area contributed by atoms with Gasteiger partial charge in [-0.3, -0.25) is 4.79 Å². The van der Waals surface area contributed by atoms with Crippen LogP contribution in [-0.2, 0) is 49.7 Å². The van der Waals surface area contributed by atoms with Crippen LogP contribution in [0.25, 0.3) is 17.0 Å². The number of benzene rings is 5. The molecule has 11 nitrogen and oxygen atoms in total. The van der Waals surface area contributed by atoms with Crippen LogP contribution in [0.15, 0.2) is 136 Å². The zero-order chi connectivity index (χ0) is 55.1. The van der Waals surface area contributed by atoms with Crippen LogP contribution in [-0.4, -0.2) is 65.9 Å². The van der Waals surface area contributed by atoms with Crippen LogP contribution < -0.4 is 10.4 Å². The van der Waals surface area contributed by atoms with Gasteiger partial charge in [-0.2, -0.15) is 0 Å². The molecule has 5 bridgehead atoms. The molecule has 0 amide bonds. The minimum atomic E-state index is -1.43. The summed E-state index contributed by atoms with van der Waals surface area (Å²) < 4.78 is 33.8. The van der Waals surface area contributed by atoms with Gasteiger partial charge in [-0.1, -0.05) is 121 Å². The molecule has 0 spiro atoms. The van der Waals surface area contributed by atoms with E-state index in [4.69, 9.17) is 23.4 Å². The number of fused-ring (bicyclic) bond motifs is 12. The fourth-order valence-corrected chi connectivity index (χ4v) is 14.9. The average Bonchev–Trinajstić information content (AvgIpc) is 4.05. The van der Waals surface area contributed by atoms with Crippen molar-refractivity contribution >= 4 is 29.0 Å². The second-order valence-corrected chi connectivity index (χ2v) is 23.3. The molecule has 412 valence electrons. The predicted octanol–water partition coefficient (Wildman–Crippen LogP) is 11.4. The van der Waals surface area contributed by atoms with Crippen LogP contribution >= 0.6 is 0 Å². The Morgan fingerprint density at radius 3 is 2.49 bits per heavy atom. The normalized spacial score (nSPS) is 26.9. The Labute approximate surface area is 467 Å². The molecule has 4 heterocycles. The summed E-state index contributed by atoms with van der Waals surface area (Å²) in [6, 6.07) is 37.9. The molecular weight excluding hydrogens is 1000 g/mol. The predicted molar refractivity (Wildman–Crippen MR) is 305 cm³/mol. The Morgan fingerprint density at radius 1 is 0.825 bits per heavy atom. The lowest BCUT2D eigenvalue weighted by molar-refractivity contribution is -0.202. The number of methoxy groups -OCH3 is 1. The number of ether oxygens (including phenoxy) is 4. The second-order valence-electron chi connectivity index (χ2n) is 23.3. The molecule has 0 saturated heterocycles. The molecule has 3 aliphatic heterocycles. The van der Waals surface area contributed by atoms with Gasteiger partial charge in [0.05, 0.1) is 31.8 Å². The minimum absolute atomic E-state index is 0.00380. The number of rotatable bonds is 11. The SMILES string of the molecule is COCC(CCO)c1c(CO)c2ccc3c(c2oc1=O)C1OC(=O)CC2CC(c4cccc(Cc5ccccc5)c4)CCC2c2ccc4cc2CC#CCC(C2CC5C=Cc6ccccc6C5C2)(O3)C1OC(=O)C(=C(C)CO)CC4. The molecule has 6 aliphatic rings. The fraction of sp³-hybridized carbons (Fsp3) is 0.406. The van der Waals surface area contributed by atoms with E-state index in [1.807, 2.05) is 12.1 Å². The largest absolute Gasteiger partial charge is 0.481 e. The van der Waals surface area contributed by atoms with Crippen molar-refractivity contribution in [1.29, 1.82) is 0 Å². The maximum Gasteiger partial charge on any atom is 0.340 e. The fourth-order valence-electron chi connectivity index (χ4n) is 14.9. The molecule has 3 N–H and O–H groups in total. The average molecular weight is 1080 g/mol. The summed E-state index contributed by atoms with van der Waals surface area (Å²) in [5.74, 6) is 5.66. The molecule has 80 heavy (non-hydrogen) atoms. The summed E-state index contributed by atoms with van der Waals surface area (Å²) in [5, 5.41) is 32.6. The monoisotopic (exact) mass is 1070 g/mol. The maximum atomic E-state index is 15.7. The van der Waals surface area contributed by atoms with Crippen LogP contribution in [0.2, 0.25) is 0 Å². The van der Waals surface area contributed by atoms with Crippen molar-refractivity contribution < 1.29 is 48.3 Å². The highest BCUT2D eigenvalue weighted by molar-refractivity contribution is 5.90. The highest BCUT2D eigenvalue weighted by Gasteiger charge is 2.61. The third-order valence-electron chi connectivity index (χ3n) is 18.8. The number of aryl methyl sites for hydroxylation is 1. The van der Waals surface area contributed by atoms with Crippen molar-refractivity contribution in [1.82, 2.24) is 0 Å². The first-order chi connectivity index (χ1) is 39.1. The summed E-state index contributed by atoms with van der Waals surface area (Å²) in [4.78, 5) is 45.9. The Kier molecular flexibility index (Phi) is 15.3. The van der Waals surface area contributed by atoms with Gasteiger partial charge in [0, 0.05) is 54.9 Å². The van der Waals surface area contributed by atoms with Gasteiger partial charge in [-0.15, -0.1) is 0 Å². The molecule has 10 unspecified atom stereocenters. The summed E-state index contributed by atoms with van der Waals surface area (Å²) in [5.41, 5.74) is 8.68. The lowest BCUT2D eigenvalue weighted by Crippen LogP contribution is -2.60. The number of esters is 2. The summed E-state index contributed by atoms with van der Waals surface area (Å²) in [6.45, 7) is 0.647. The number of carbonyl (C=O) groups is 2. The van der Waals surface area contributed by atoms with Gasteiger partial charge in [-0.05, 0) is 162 Å². The van der Waals surface area contributed by atoms with Crippen molar-refractivity contribution in [3.63, 3.8) is 0 Å². The summed E-state index contributed by atoms with van der Waals surface area (Å²) in [7, 11) is 1.51. The van der Waals surface area contributed by atoms with E-state index in [0.29, 0.717) is 42.2 Å². The van der Waals surface area contributed by atoms with E-state index in [1.165, 1.54) is 29.4 Å². The zero-order valence-corrected chi connectivity index (χ0v) is 45.7. The Morgan fingerprint density at radius 2 is 1.66 bits per heavy atom. The molecule has 1 aromatic heterocycles. The van der Waals surface area contributed by atoms with Crippen LogP contribution in [0, 0.1) is 29.6 Å². The number of allylic oxidation sites excluding steroid dienone is 1. The first-order valence-corrected chi connectivity index (χ1v) is 28.8. The van der Waals surface area contributed by atoms with E-state index >= 15 is 9.59 Å². The molecule has 2 saturated carbocycles. The highest BCUT2D eigenvalue weighted by atomic mass is 16.6. The van der Waals surface area contributed by atoms with Gasteiger partial charge in [0.25, 0.3) is 0 Å². The van der Waals surface area contributed by atoms with Gasteiger partial charge < -0.3 is 38.7 Å². The number of aliphatic hydroxyl groups is 3. The van der Waals surface area contributed by atoms with Crippen LogP contribution in [0.3, 0.4) is 0 Å².